The van der Waals surface area contributed by atoms with Crippen LogP contribution in [0, 0.1) is 5.92 Å². The Morgan fingerprint density at radius 1 is 1.13 bits per heavy atom. The first-order valence-electron chi connectivity index (χ1n) is 7.69. The second-order valence-electron chi connectivity index (χ2n) is 6.31. The molecule has 1 fully saturated rings. The van der Waals surface area contributed by atoms with Crippen LogP contribution in [0.4, 0.5) is 0 Å². The lowest BCUT2D eigenvalue weighted by Crippen LogP contribution is -2.41. The zero-order valence-electron chi connectivity index (χ0n) is 13.9. The molecule has 23 heavy (non-hydrogen) atoms. The maximum absolute atomic E-state index is 12.0. The fraction of sp³-hybridized carbons (Fsp3) is 0.444. The minimum absolute atomic E-state index is 0.135. The van der Waals surface area contributed by atoms with Crippen LogP contribution in [0.3, 0.4) is 0 Å². The number of cyclic esters (lactones) is 2. The highest BCUT2D eigenvalue weighted by Gasteiger charge is 2.38. The molecule has 0 saturated carbocycles. The van der Waals surface area contributed by atoms with E-state index in [1.807, 2.05) is 12.1 Å². The van der Waals surface area contributed by atoms with Crippen molar-refractivity contribution < 1.29 is 23.8 Å². The highest BCUT2D eigenvalue weighted by molar-refractivity contribution is 6.19. The third-order valence-corrected chi connectivity index (χ3v) is 3.29. The van der Waals surface area contributed by atoms with E-state index in [0.717, 1.165) is 6.42 Å². The lowest BCUT2D eigenvalue weighted by atomic mass is 10.1. The minimum atomic E-state index is -1.24. The molecule has 5 heteroatoms. The molecule has 0 spiro atoms. The summed E-state index contributed by atoms with van der Waals surface area (Å²) in [6.07, 6.45) is 2.37. The second kappa shape index (κ2) is 6.86. The van der Waals surface area contributed by atoms with Crippen molar-refractivity contribution in [1.82, 2.24) is 0 Å². The molecule has 0 radical (unpaired) electrons. The maximum Gasteiger partial charge on any atom is 0.348 e. The van der Waals surface area contributed by atoms with E-state index in [4.69, 9.17) is 14.2 Å². The van der Waals surface area contributed by atoms with Gasteiger partial charge in [0, 0.05) is 19.4 Å². The van der Waals surface area contributed by atoms with Gasteiger partial charge in [0.15, 0.2) is 0 Å². The van der Waals surface area contributed by atoms with E-state index >= 15 is 0 Å². The molecule has 124 valence electrons. The summed E-state index contributed by atoms with van der Waals surface area (Å²) in [4.78, 5) is 24.0. The predicted molar refractivity (Wildman–Crippen MR) is 85.6 cm³/mol. The standard InChI is InChI=1S/C18H22O5/c1-12(2)9-10-21-15-8-6-5-7-13(15)11-14-16(19)22-18(3,4)23-17(14)20/h5-8,11-12H,9-10H2,1-4H3. The SMILES string of the molecule is CC(C)CCOc1ccccc1C=C1C(=O)OC(C)(C)OC1=O. The van der Waals surface area contributed by atoms with Gasteiger partial charge in [-0.05, 0) is 24.5 Å². The molecule has 1 aliphatic rings. The van der Waals surface area contributed by atoms with Crippen molar-refractivity contribution in [2.45, 2.75) is 39.9 Å². The summed E-state index contributed by atoms with van der Waals surface area (Å²) in [6.45, 7) is 7.84. The van der Waals surface area contributed by atoms with E-state index in [9.17, 15) is 9.59 Å². The van der Waals surface area contributed by atoms with Crippen LogP contribution in [-0.4, -0.2) is 24.3 Å². The number of carbonyl (C=O) groups excluding carboxylic acids is 2. The molecule has 0 amide bonds. The molecule has 0 aliphatic carbocycles. The lowest BCUT2D eigenvalue weighted by Gasteiger charge is -2.29. The van der Waals surface area contributed by atoms with Gasteiger partial charge in [-0.15, -0.1) is 0 Å². The highest BCUT2D eigenvalue weighted by atomic mass is 16.7. The number of hydrogen-bond acceptors (Lipinski definition) is 5. The van der Waals surface area contributed by atoms with Crippen LogP contribution in [0.25, 0.3) is 6.08 Å². The zero-order valence-corrected chi connectivity index (χ0v) is 13.9. The molecule has 1 aromatic carbocycles. The summed E-state index contributed by atoms with van der Waals surface area (Å²) in [5.41, 5.74) is 0.504. The highest BCUT2D eigenvalue weighted by Crippen LogP contribution is 2.27. The lowest BCUT2D eigenvalue weighted by molar-refractivity contribution is -0.222. The van der Waals surface area contributed by atoms with Gasteiger partial charge in [0.2, 0.25) is 0 Å². The van der Waals surface area contributed by atoms with Crippen LogP contribution in [0.2, 0.25) is 0 Å². The van der Waals surface area contributed by atoms with E-state index < -0.39 is 17.7 Å². The molecule has 1 aliphatic heterocycles. The van der Waals surface area contributed by atoms with Gasteiger partial charge >= 0.3 is 11.9 Å². The molecule has 1 saturated heterocycles. The molecule has 0 atom stereocenters. The Hall–Kier alpha value is -2.30. The van der Waals surface area contributed by atoms with Crippen LogP contribution >= 0.6 is 0 Å². The molecular formula is C18H22O5. The summed E-state index contributed by atoms with van der Waals surface area (Å²) in [7, 11) is 0. The van der Waals surface area contributed by atoms with E-state index in [0.29, 0.717) is 23.8 Å². The van der Waals surface area contributed by atoms with Crippen molar-refractivity contribution in [3.8, 4) is 5.75 Å². The Bertz CT molecular complexity index is 606. The van der Waals surface area contributed by atoms with E-state index in [2.05, 4.69) is 13.8 Å². The Kier molecular flexibility index (Phi) is 5.08. The Labute approximate surface area is 136 Å². The fourth-order valence-electron chi connectivity index (χ4n) is 2.07. The molecule has 0 aromatic heterocycles. The maximum atomic E-state index is 12.0. The van der Waals surface area contributed by atoms with Gasteiger partial charge < -0.3 is 14.2 Å². The van der Waals surface area contributed by atoms with Gasteiger partial charge in [0.05, 0.1) is 6.61 Å². The average Bonchev–Trinajstić information content (AvgIpc) is 2.43. The third kappa shape index (κ3) is 4.58. The topological polar surface area (TPSA) is 61.8 Å². The van der Waals surface area contributed by atoms with Crippen LogP contribution in [0.5, 0.6) is 5.75 Å². The first-order chi connectivity index (χ1) is 10.8. The summed E-state index contributed by atoms with van der Waals surface area (Å²) in [5.74, 6) is -1.47. The number of carbonyl (C=O) groups is 2. The molecule has 0 N–H and O–H groups in total. The predicted octanol–water partition coefficient (Wildman–Crippen LogP) is 3.33. The van der Waals surface area contributed by atoms with Gasteiger partial charge in [-0.1, -0.05) is 32.0 Å². The molecule has 0 unspecified atom stereocenters. The molecule has 5 nitrogen and oxygen atoms in total. The van der Waals surface area contributed by atoms with Crippen molar-refractivity contribution in [3.05, 3.63) is 35.4 Å². The van der Waals surface area contributed by atoms with Crippen molar-refractivity contribution >= 4 is 18.0 Å². The largest absolute Gasteiger partial charge is 0.493 e. The summed E-state index contributed by atoms with van der Waals surface area (Å²) in [5, 5.41) is 0. The van der Waals surface area contributed by atoms with E-state index in [1.54, 1.807) is 12.1 Å². The summed E-state index contributed by atoms with van der Waals surface area (Å²) >= 11 is 0. The van der Waals surface area contributed by atoms with Crippen molar-refractivity contribution in [1.29, 1.82) is 0 Å². The molecule has 1 aromatic rings. The Morgan fingerprint density at radius 3 is 2.35 bits per heavy atom. The molecule has 0 bridgehead atoms. The van der Waals surface area contributed by atoms with Crippen LogP contribution in [0.15, 0.2) is 29.8 Å². The first-order valence-corrected chi connectivity index (χ1v) is 7.69. The number of ether oxygens (including phenoxy) is 3. The van der Waals surface area contributed by atoms with Crippen molar-refractivity contribution in [2.24, 2.45) is 5.92 Å². The summed E-state index contributed by atoms with van der Waals surface area (Å²) in [6, 6.07) is 7.23. The van der Waals surface area contributed by atoms with Gasteiger partial charge in [-0.3, -0.25) is 0 Å². The van der Waals surface area contributed by atoms with Gasteiger partial charge in [-0.25, -0.2) is 9.59 Å². The Morgan fingerprint density at radius 2 is 1.74 bits per heavy atom. The first kappa shape index (κ1) is 17.1. The van der Waals surface area contributed by atoms with Crippen LogP contribution in [-0.2, 0) is 19.1 Å². The van der Waals surface area contributed by atoms with Gasteiger partial charge in [0.1, 0.15) is 11.3 Å². The molecule has 1 heterocycles. The zero-order chi connectivity index (χ0) is 17.0. The second-order valence-corrected chi connectivity index (χ2v) is 6.31. The average molecular weight is 318 g/mol. The fourth-order valence-corrected chi connectivity index (χ4v) is 2.07. The molecular weight excluding hydrogens is 296 g/mol. The smallest absolute Gasteiger partial charge is 0.348 e. The van der Waals surface area contributed by atoms with E-state index in [-0.39, 0.29) is 5.57 Å². The quantitative estimate of drug-likeness (QED) is 0.473. The molecule has 2 rings (SSSR count). The summed E-state index contributed by atoms with van der Waals surface area (Å²) < 4.78 is 15.9. The monoisotopic (exact) mass is 318 g/mol. The van der Waals surface area contributed by atoms with Crippen LogP contribution < -0.4 is 4.74 Å². The Balaban J connectivity index is 2.22. The number of esters is 2. The number of hydrogen-bond donors (Lipinski definition) is 0. The van der Waals surface area contributed by atoms with Crippen LogP contribution in [0.1, 0.15) is 39.7 Å². The third-order valence-electron chi connectivity index (χ3n) is 3.29. The van der Waals surface area contributed by atoms with Crippen molar-refractivity contribution in [2.75, 3.05) is 6.61 Å². The number of rotatable bonds is 5. The minimum Gasteiger partial charge on any atom is -0.493 e. The van der Waals surface area contributed by atoms with Crippen molar-refractivity contribution in [3.63, 3.8) is 0 Å². The number of benzene rings is 1. The van der Waals surface area contributed by atoms with Gasteiger partial charge in [0.25, 0.3) is 5.79 Å². The number of para-hydroxylation sites is 1. The van der Waals surface area contributed by atoms with E-state index in [1.165, 1.54) is 19.9 Å². The van der Waals surface area contributed by atoms with Gasteiger partial charge in [-0.2, -0.15) is 0 Å². The normalized spacial score (nSPS) is 16.8.